The van der Waals surface area contributed by atoms with Crippen LogP contribution in [0.1, 0.15) is 43.8 Å². The van der Waals surface area contributed by atoms with Crippen molar-refractivity contribution in [3.8, 4) is 0 Å². The van der Waals surface area contributed by atoms with Gasteiger partial charge < -0.3 is 19.4 Å². The molecule has 0 spiro atoms. The van der Waals surface area contributed by atoms with Gasteiger partial charge in [0.2, 0.25) is 5.91 Å². The fraction of sp³-hybridized carbons (Fsp3) is 0.750. The van der Waals surface area contributed by atoms with Gasteiger partial charge in [-0.2, -0.15) is 0 Å². The lowest BCUT2D eigenvalue weighted by molar-refractivity contribution is -0.139. The third-order valence-electron chi connectivity index (χ3n) is 4.56. The molecule has 3 rings (SSSR count). The van der Waals surface area contributed by atoms with Gasteiger partial charge in [-0.1, -0.05) is 0 Å². The van der Waals surface area contributed by atoms with Crippen molar-refractivity contribution in [3.05, 3.63) is 18.2 Å². The average Bonchev–Trinajstić information content (AvgIpc) is 3.10. The number of amides is 1. The van der Waals surface area contributed by atoms with E-state index in [9.17, 15) is 4.79 Å². The van der Waals surface area contributed by atoms with Crippen LogP contribution in [0.5, 0.6) is 0 Å². The zero-order valence-electron chi connectivity index (χ0n) is 13.0. The Morgan fingerprint density at radius 1 is 1.36 bits per heavy atom. The molecule has 1 aromatic heterocycles. The summed E-state index contributed by atoms with van der Waals surface area (Å²) in [5.41, 5.74) is 0. The maximum Gasteiger partial charge on any atom is 0.248 e. The predicted octanol–water partition coefficient (Wildman–Crippen LogP) is 1.70. The molecule has 0 unspecified atom stereocenters. The summed E-state index contributed by atoms with van der Waals surface area (Å²) >= 11 is 0. The van der Waals surface area contributed by atoms with Gasteiger partial charge in [0.25, 0.3) is 0 Å². The molecule has 0 aromatic carbocycles. The normalized spacial score (nSPS) is 23.6. The summed E-state index contributed by atoms with van der Waals surface area (Å²) in [5, 5.41) is 0. The molecule has 1 amide bonds. The highest BCUT2D eigenvalue weighted by Crippen LogP contribution is 2.25. The number of nitrogens with one attached hydrogen (secondary N) is 1. The quantitative estimate of drug-likeness (QED) is 0.899. The first-order chi connectivity index (χ1) is 10.8. The van der Waals surface area contributed by atoms with Crippen LogP contribution in [0, 0.1) is 0 Å². The topological polar surface area (TPSA) is 67.5 Å². The van der Waals surface area contributed by atoms with Gasteiger partial charge in [-0.05, 0) is 32.1 Å². The van der Waals surface area contributed by atoms with E-state index >= 15 is 0 Å². The molecule has 0 radical (unpaired) electrons. The number of H-pyrrole nitrogens is 1. The van der Waals surface area contributed by atoms with Crippen LogP contribution in [-0.2, 0) is 14.3 Å². The molecule has 0 bridgehead atoms. The molecule has 1 atom stereocenters. The molecule has 2 saturated heterocycles. The Bertz CT molecular complexity index is 449. The van der Waals surface area contributed by atoms with Crippen LogP contribution in [-0.4, -0.2) is 59.8 Å². The fourth-order valence-corrected chi connectivity index (χ4v) is 3.21. The predicted molar refractivity (Wildman–Crippen MR) is 81.6 cm³/mol. The van der Waals surface area contributed by atoms with E-state index in [-0.39, 0.29) is 18.6 Å². The molecule has 22 heavy (non-hydrogen) atoms. The van der Waals surface area contributed by atoms with E-state index in [1.165, 1.54) is 6.42 Å². The Labute approximate surface area is 131 Å². The van der Waals surface area contributed by atoms with Gasteiger partial charge in [0.15, 0.2) is 0 Å². The molecule has 0 saturated carbocycles. The van der Waals surface area contributed by atoms with Gasteiger partial charge in [-0.3, -0.25) is 4.79 Å². The first-order valence-electron chi connectivity index (χ1n) is 8.29. The Hall–Kier alpha value is -1.40. The Morgan fingerprint density at radius 2 is 2.23 bits per heavy atom. The number of hydrogen-bond acceptors (Lipinski definition) is 4. The lowest BCUT2D eigenvalue weighted by Crippen LogP contribution is -2.40. The molecule has 1 aromatic rings. The number of aromatic amines is 1. The molecule has 122 valence electrons. The number of piperidine rings is 1. The van der Waals surface area contributed by atoms with Gasteiger partial charge in [-0.15, -0.1) is 0 Å². The van der Waals surface area contributed by atoms with Crippen LogP contribution >= 0.6 is 0 Å². The van der Waals surface area contributed by atoms with E-state index in [1.807, 2.05) is 11.1 Å². The minimum Gasteiger partial charge on any atom is -0.376 e. The van der Waals surface area contributed by atoms with Crippen molar-refractivity contribution < 1.29 is 14.3 Å². The lowest BCUT2D eigenvalue weighted by Gasteiger charge is -2.31. The maximum absolute atomic E-state index is 12.2. The zero-order chi connectivity index (χ0) is 15.2. The zero-order valence-corrected chi connectivity index (χ0v) is 13.0. The monoisotopic (exact) mass is 307 g/mol. The van der Waals surface area contributed by atoms with Crippen molar-refractivity contribution in [1.29, 1.82) is 0 Å². The molecule has 2 aliphatic heterocycles. The van der Waals surface area contributed by atoms with E-state index < -0.39 is 0 Å². The number of likely N-dealkylation sites (tertiary alicyclic amines) is 1. The van der Waals surface area contributed by atoms with Crippen molar-refractivity contribution in [3.63, 3.8) is 0 Å². The minimum absolute atomic E-state index is 0.0914. The Balaban J connectivity index is 1.35. The van der Waals surface area contributed by atoms with Crippen LogP contribution in [0.3, 0.4) is 0 Å². The van der Waals surface area contributed by atoms with E-state index in [4.69, 9.17) is 9.47 Å². The summed E-state index contributed by atoms with van der Waals surface area (Å²) in [7, 11) is 0. The van der Waals surface area contributed by atoms with E-state index in [0.29, 0.717) is 12.5 Å². The first kappa shape index (κ1) is 15.5. The Morgan fingerprint density at radius 3 is 2.91 bits per heavy atom. The van der Waals surface area contributed by atoms with Crippen molar-refractivity contribution in [2.24, 2.45) is 0 Å². The van der Waals surface area contributed by atoms with Gasteiger partial charge in [0, 0.05) is 38.0 Å². The van der Waals surface area contributed by atoms with E-state index in [1.54, 1.807) is 6.20 Å². The highest BCUT2D eigenvalue weighted by atomic mass is 16.5. The van der Waals surface area contributed by atoms with Gasteiger partial charge in [0.1, 0.15) is 12.4 Å². The van der Waals surface area contributed by atoms with E-state index in [0.717, 1.165) is 51.2 Å². The van der Waals surface area contributed by atoms with Crippen molar-refractivity contribution >= 4 is 5.91 Å². The summed E-state index contributed by atoms with van der Waals surface area (Å²) in [5.74, 6) is 1.57. The van der Waals surface area contributed by atoms with Crippen molar-refractivity contribution in [1.82, 2.24) is 14.9 Å². The van der Waals surface area contributed by atoms with Crippen LogP contribution in [0.2, 0.25) is 0 Å². The van der Waals surface area contributed by atoms with Gasteiger partial charge in [0.05, 0.1) is 12.7 Å². The van der Waals surface area contributed by atoms with Gasteiger partial charge >= 0.3 is 0 Å². The van der Waals surface area contributed by atoms with Crippen molar-refractivity contribution in [2.45, 2.75) is 44.1 Å². The van der Waals surface area contributed by atoms with E-state index in [2.05, 4.69) is 9.97 Å². The van der Waals surface area contributed by atoms with Gasteiger partial charge in [-0.25, -0.2) is 4.98 Å². The summed E-state index contributed by atoms with van der Waals surface area (Å²) < 4.78 is 11.2. The van der Waals surface area contributed by atoms with Crippen LogP contribution < -0.4 is 0 Å². The SMILES string of the molecule is O=C(COC[C@H]1CCCCO1)N1CCC(c2ncc[nH]2)CC1. The molecule has 2 aliphatic rings. The summed E-state index contributed by atoms with van der Waals surface area (Å²) in [4.78, 5) is 21.6. The number of imidazole rings is 1. The molecule has 3 heterocycles. The van der Waals surface area contributed by atoms with Crippen molar-refractivity contribution in [2.75, 3.05) is 32.9 Å². The highest BCUT2D eigenvalue weighted by Gasteiger charge is 2.25. The van der Waals surface area contributed by atoms with Crippen LogP contribution in [0.15, 0.2) is 12.4 Å². The molecular weight excluding hydrogens is 282 g/mol. The highest BCUT2D eigenvalue weighted by molar-refractivity contribution is 5.77. The minimum atomic E-state index is 0.0914. The largest absolute Gasteiger partial charge is 0.376 e. The smallest absolute Gasteiger partial charge is 0.248 e. The number of carbonyl (C=O) groups is 1. The summed E-state index contributed by atoms with van der Waals surface area (Å²) in [6.07, 6.45) is 9.12. The maximum atomic E-state index is 12.2. The van der Waals surface area contributed by atoms with Crippen LogP contribution in [0.4, 0.5) is 0 Å². The molecule has 6 heteroatoms. The standard InChI is InChI=1S/C16H25N3O3/c20-15(12-21-11-14-3-1-2-10-22-14)19-8-4-13(5-9-19)16-17-6-7-18-16/h6-7,13-14H,1-5,8-12H2,(H,17,18)/t14-/m1/s1. The molecule has 1 N–H and O–H groups in total. The number of aromatic nitrogens is 2. The lowest BCUT2D eigenvalue weighted by atomic mass is 9.96. The fourth-order valence-electron chi connectivity index (χ4n) is 3.21. The number of nitrogens with zero attached hydrogens (tertiary/aromatic N) is 2. The molecule has 0 aliphatic carbocycles. The first-order valence-corrected chi connectivity index (χ1v) is 8.29. The number of carbonyl (C=O) groups excluding carboxylic acids is 1. The summed E-state index contributed by atoms with van der Waals surface area (Å²) in [6, 6.07) is 0. The number of hydrogen-bond donors (Lipinski definition) is 1. The average molecular weight is 307 g/mol. The number of rotatable bonds is 5. The molecule has 6 nitrogen and oxygen atoms in total. The second-order valence-corrected chi connectivity index (χ2v) is 6.13. The molecular formula is C16H25N3O3. The summed E-state index contributed by atoms with van der Waals surface area (Å²) in [6.45, 7) is 3.10. The third kappa shape index (κ3) is 4.08. The molecule has 2 fully saturated rings. The number of ether oxygens (including phenoxy) is 2. The third-order valence-corrected chi connectivity index (χ3v) is 4.56. The second-order valence-electron chi connectivity index (χ2n) is 6.13. The Kier molecular flexibility index (Phi) is 5.45. The second kappa shape index (κ2) is 7.74. The van der Waals surface area contributed by atoms with Crippen LogP contribution in [0.25, 0.3) is 0 Å².